The summed E-state index contributed by atoms with van der Waals surface area (Å²) in [7, 11) is -3.16. The Bertz CT molecular complexity index is 1030. The average Bonchev–Trinajstić information content (AvgIpc) is 3.15. The van der Waals surface area contributed by atoms with Crippen LogP contribution in [0.3, 0.4) is 0 Å². The van der Waals surface area contributed by atoms with Gasteiger partial charge in [0.2, 0.25) is 5.91 Å². The molecule has 0 bridgehead atoms. The number of H-pyrrole nitrogens is 1. The highest BCUT2D eigenvalue weighted by Crippen LogP contribution is 2.25. The number of aromatic amines is 1. The molecule has 1 aromatic heterocycles. The zero-order valence-electron chi connectivity index (χ0n) is 14.5. The van der Waals surface area contributed by atoms with Crippen LogP contribution in [0, 0.1) is 5.92 Å². The van der Waals surface area contributed by atoms with Gasteiger partial charge in [-0.3, -0.25) is 4.79 Å². The summed E-state index contributed by atoms with van der Waals surface area (Å²) in [4.78, 5) is 27.2. The molecule has 1 unspecified atom stereocenters. The first-order valence-corrected chi connectivity index (χ1v) is 10.5. The minimum absolute atomic E-state index is 0.00498. The second-order valence-corrected chi connectivity index (χ2v) is 8.82. The zero-order chi connectivity index (χ0) is 19.6. The fourth-order valence-electron chi connectivity index (χ4n) is 2.94. The van der Waals surface area contributed by atoms with Crippen molar-refractivity contribution < 1.29 is 22.7 Å². The Morgan fingerprint density at radius 2 is 2.22 bits per heavy atom. The number of nitrogens with one attached hydrogen (secondary N) is 2. The molecule has 2 aromatic rings. The lowest BCUT2D eigenvalue weighted by atomic mass is 10.1. The van der Waals surface area contributed by atoms with Crippen molar-refractivity contribution in [2.75, 3.05) is 18.1 Å². The van der Waals surface area contributed by atoms with Gasteiger partial charge in [-0.1, -0.05) is 17.7 Å². The highest BCUT2D eigenvalue weighted by Gasteiger charge is 2.32. The molecule has 1 atom stereocenters. The number of ether oxygens (including phenoxy) is 1. The lowest BCUT2D eigenvalue weighted by Crippen LogP contribution is -2.27. The number of hydrogen-bond acceptors (Lipinski definition) is 6. The fourth-order valence-corrected chi connectivity index (χ4v) is 4.86. The minimum Gasteiger partial charge on any atom is -0.461 e. The summed E-state index contributed by atoms with van der Waals surface area (Å²) in [5, 5.41) is 5.08. The molecular formula is C17H18ClN3O5S. The molecule has 8 nitrogen and oxygen atoms in total. The molecule has 0 spiro atoms. The second kappa shape index (κ2) is 7.69. The summed E-state index contributed by atoms with van der Waals surface area (Å²) >= 11 is 5.99. The van der Waals surface area contributed by atoms with Crippen LogP contribution in [-0.4, -0.2) is 49.6 Å². The van der Waals surface area contributed by atoms with Crippen molar-refractivity contribution in [3.05, 3.63) is 34.5 Å². The maximum atomic E-state index is 12.2. The quantitative estimate of drug-likeness (QED) is 0.442. The van der Waals surface area contributed by atoms with Gasteiger partial charge in [0, 0.05) is 21.5 Å². The summed E-state index contributed by atoms with van der Waals surface area (Å²) < 4.78 is 28.0. The smallest absolute Gasteiger partial charge is 0.355 e. The number of hydrazone groups is 1. The van der Waals surface area contributed by atoms with Crippen molar-refractivity contribution in [3.63, 3.8) is 0 Å². The molecule has 1 aliphatic rings. The van der Waals surface area contributed by atoms with Crippen molar-refractivity contribution in [1.82, 2.24) is 10.4 Å². The third-order valence-corrected chi connectivity index (χ3v) is 6.26. The maximum Gasteiger partial charge on any atom is 0.355 e. The first-order valence-electron chi connectivity index (χ1n) is 8.32. The van der Waals surface area contributed by atoms with Crippen LogP contribution in [0.25, 0.3) is 10.9 Å². The van der Waals surface area contributed by atoms with Crippen LogP contribution in [0.5, 0.6) is 0 Å². The third-order valence-electron chi connectivity index (χ3n) is 4.25. The first kappa shape index (κ1) is 19.4. The lowest BCUT2D eigenvalue weighted by molar-refractivity contribution is -0.124. The van der Waals surface area contributed by atoms with Crippen molar-refractivity contribution >= 4 is 50.4 Å². The molecule has 27 heavy (non-hydrogen) atoms. The molecule has 144 valence electrons. The van der Waals surface area contributed by atoms with Crippen LogP contribution >= 0.6 is 11.6 Å². The van der Waals surface area contributed by atoms with E-state index in [0.29, 0.717) is 21.5 Å². The number of carbonyl (C=O) groups is 2. The summed E-state index contributed by atoms with van der Waals surface area (Å²) in [6.45, 7) is 1.90. The van der Waals surface area contributed by atoms with Gasteiger partial charge < -0.3 is 9.72 Å². The van der Waals surface area contributed by atoms with Crippen molar-refractivity contribution in [3.8, 4) is 0 Å². The van der Waals surface area contributed by atoms with Crippen LogP contribution in [-0.2, 0) is 19.4 Å². The van der Waals surface area contributed by atoms with E-state index >= 15 is 0 Å². The fraction of sp³-hybridized carbons (Fsp3) is 0.353. The Morgan fingerprint density at radius 3 is 2.89 bits per heavy atom. The van der Waals surface area contributed by atoms with Gasteiger partial charge in [-0.15, -0.1) is 0 Å². The Balaban J connectivity index is 1.84. The van der Waals surface area contributed by atoms with Gasteiger partial charge in [-0.25, -0.2) is 18.6 Å². The van der Waals surface area contributed by atoms with Crippen molar-refractivity contribution in [2.24, 2.45) is 11.0 Å². The molecule has 10 heteroatoms. The Labute approximate surface area is 160 Å². The number of sulfone groups is 1. The molecule has 1 saturated heterocycles. The van der Waals surface area contributed by atoms with Crippen LogP contribution in [0.1, 0.15) is 29.4 Å². The van der Waals surface area contributed by atoms with E-state index in [9.17, 15) is 18.0 Å². The summed E-state index contributed by atoms with van der Waals surface area (Å²) in [5.41, 5.74) is 3.61. The molecule has 3 rings (SSSR count). The summed E-state index contributed by atoms with van der Waals surface area (Å²) in [6, 6.07) is 5.06. The molecule has 1 aliphatic heterocycles. The average molecular weight is 412 g/mol. The number of fused-ring (bicyclic) bond motifs is 1. The van der Waals surface area contributed by atoms with Gasteiger partial charge in [-0.05, 0) is 25.5 Å². The van der Waals surface area contributed by atoms with Crippen molar-refractivity contribution in [1.29, 1.82) is 0 Å². The molecule has 2 heterocycles. The number of amides is 1. The topological polar surface area (TPSA) is 118 Å². The van der Waals surface area contributed by atoms with E-state index < -0.39 is 27.6 Å². The lowest BCUT2D eigenvalue weighted by Gasteiger charge is -2.05. The molecule has 2 N–H and O–H groups in total. The number of hydrogen-bond donors (Lipinski definition) is 2. The largest absolute Gasteiger partial charge is 0.461 e. The highest BCUT2D eigenvalue weighted by molar-refractivity contribution is 7.91. The molecule has 0 radical (unpaired) electrons. The number of halogens is 1. The maximum absolute atomic E-state index is 12.2. The van der Waals surface area contributed by atoms with Crippen LogP contribution in [0.4, 0.5) is 0 Å². The zero-order valence-corrected chi connectivity index (χ0v) is 16.1. The third kappa shape index (κ3) is 4.30. The summed E-state index contributed by atoms with van der Waals surface area (Å²) in [6.07, 6.45) is 1.61. The number of carbonyl (C=O) groups excluding carboxylic acids is 2. The Kier molecular flexibility index (Phi) is 5.52. The van der Waals surface area contributed by atoms with E-state index in [1.54, 1.807) is 25.1 Å². The standard InChI is InChI=1S/C17H18ClN3O5S/c1-2-26-17(23)15-13(12-4-3-11(18)7-14(12)20-15)8-19-21-16(22)10-5-6-27(24,25)9-10/h3-4,7-8,10,20H,2,5-6,9H2,1H3,(H,21,22)/b19-8+. The monoisotopic (exact) mass is 411 g/mol. The van der Waals surface area contributed by atoms with Gasteiger partial charge in [0.1, 0.15) is 5.69 Å². The molecular weight excluding hydrogens is 394 g/mol. The number of rotatable bonds is 5. The SMILES string of the molecule is CCOC(=O)c1[nH]c2cc(Cl)ccc2c1/C=N/NC(=O)C1CCS(=O)(=O)C1. The number of aromatic nitrogens is 1. The molecule has 1 aromatic carbocycles. The first-order chi connectivity index (χ1) is 12.8. The number of nitrogens with zero attached hydrogens (tertiary/aromatic N) is 1. The van der Waals surface area contributed by atoms with Gasteiger partial charge >= 0.3 is 5.97 Å². The predicted octanol–water partition coefficient (Wildman–Crippen LogP) is 1.88. The molecule has 0 saturated carbocycles. The molecule has 0 aliphatic carbocycles. The van der Waals surface area contributed by atoms with Crippen LogP contribution < -0.4 is 5.43 Å². The van der Waals surface area contributed by atoms with E-state index in [1.165, 1.54) is 6.21 Å². The van der Waals surface area contributed by atoms with Gasteiger partial charge in [0.05, 0.1) is 30.2 Å². The number of benzene rings is 1. The van der Waals surface area contributed by atoms with Crippen LogP contribution in [0.15, 0.2) is 23.3 Å². The molecule has 1 amide bonds. The second-order valence-electron chi connectivity index (χ2n) is 6.16. The van der Waals surface area contributed by atoms with Gasteiger partial charge in [0.25, 0.3) is 0 Å². The Hall–Kier alpha value is -2.39. The van der Waals surface area contributed by atoms with Crippen molar-refractivity contribution in [2.45, 2.75) is 13.3 Å². The predicted molar refractivity (Wildman–Crippen MR) is 102 cm³/mol. The highest BCUT2D eigenvalue weighted by atomic mass is 35.5. The van der Waals surface area contributed by atoms with E-state index in [2.05, 4.69) is 15.5 Å². The van der Waals surface area contributed by atoms with E-state index in [-0.39, 0.29) is 30.2 Å². The van der Waals surface area contributed by atoms with Gasteiger partial charge in [0.15, 0.2) is 9.84 Å². The summed E-state index contributed by atoms with van der Waals surface area (Å²) in [5.74, 6) is -1.80. The van der Waals surface area contributed by atoms with Gasteiger partial charge in [-0.2, -0.15) is 5.10 Å². The van der Waals surface area contributed by atoms with E-state index in [0.717, 1.165) is 0 Å². The van der Waals surface area contributed by atoms with E-state index in [1.807, 2.05) is 0 Å². The van der Waals surface area contributed by atoms with E-state index in [4.69, 9.17) is 16.3 Å². The normalized spacial score (nSPS) is 18.8. The minimum atomic E-state index is -3.16. The number of esters is 1. The molecule has 1 fully saturated rings. The Morgan fingerprint density at radius 1 is 1.44 bits per heavy atom. The van der Waals surface area contributed by atoms with Crippen LogP contribution in [0.2, 0.25) is 5.02 Å².